The van der Waals surface area contributed by atoms with Gasteiger partial charge in [-0.2, -0.15) is 9.57 Å². The monoisotopic (exact) mass is 502 g/mol. The summed E-state index contributed by atoms with van der Waals surface area (Å²) in [5, 5.41) is 10.9. The zero-order chi connectivity index (χ0) is 25.0. The van der Waals surface area contributed by atoms with Crippen molar-refractivity contribution < 1.29 is 21.6 Å². The fourth-order valence-corrected chi connectivity index (χ4v) is 5.95. The maximum atomic E-state index is 14.3. The molecule has 35 heavy (non-hydrogen) atoms. The number of nitrogens with one attached hydrogen (secondary N) is 1. The number of aromatic amines is 1. The van der Waals surface area contributed by atoms with Crippen molar-refractivity contribution in [1.82, 2.24) is 23.8 Å². The Hall–Kier alpha value is -3.43. The number of hydrogen-bond acceptors (Lipinski definition) is 5. The van der Waals surface area contributed by atoms with Gasteiger partial charge in [0.2, 0.25) is 10.0 Å². The lowest BCUT2D eigenvalue weighted by Gasteiger charge is -2.49. The molecule has 1 aliphatic heterocycles. The zero-order valence-corrected chi connectivity index (χ0v) is 19.4. The van der Waals surface area contributed by atoms with E-state index in [-0.39, 0.29) is 30.8 Å². The van der Waals surface area contributed by atoms with Gasteiger partial charge in [0.25, 0.3) is 6.43 Å². The number of hydrogen-bond donors (Lipinski definition) is 1. The Balaban J connectivity index is 1.74. The van der Waals surface area contributed by atoms with Crippen LogP contribution in [0.15, 0.2) is 43.0 Å². The molecule has 0 bridgehead atoms. The molecule has 4 heterocycles. The highest BCUT2D eigenvalue weighted by Gasteiger charge is 2.49. The Kier molecular flexibility index (Phi) is 5.56. The van der Waals surface area contributed by atoms with Gasteiger partial charge in [0.05, 0.1) is 29.5 Å². The summed E-state index contributed by atoms with van der Waals surface area (Å²) in [4.78, 5) is 11.6. The van der Waals surface area contributed by atoms with Crippen LogP contribution in [0.2, 0.25) is 0 Å². The topological polar surface area (TPSA) is 108 Å². The van der Waals surface area contributed by atoms with Crippen molar-refractivity contribution in [2.45, 2.75) is 31.5 Å². The number of aromatic nitrogens is 4. The van der Waals surface area contributed by atoms with Crippen LogP contribution >= 0.6 is 0 Å². The molecule has 4 aromatic rings. The molecular weight excluding hydrogens is 481 g/mol. The van der Waals surface area contributed by atoms with Gasteiger partial charge in [0.15, 0.2) is 6.17 Å². The lowest BCUT2D eigenvalue weighted by Crippen LogP contribution is -2.64. The van der Waals surface area contributed by atoms with Gasteiger partial charge >= 0.3 is 0 Å². The van der Waals surface area contributed by atoms with Gasteiger partial charge in [-0.1, -0.05) is 12.1 Å². The average molecular weight is 503 g/mol. The molecule has 0 saturated carbocycles. The number of fused-ring (bicyclic) bond motifs is 2. The molecule has 1 atom stereocenters. The van der Waals surface area contributed by atoms with Gasteiger partial charge in [-0.05, 0) is 24.6 Å². The SMILES string of the molecule is CCS(=O)(=O)N1CC(CC#N)(n2cc(-c3ncnc4[nH]ccc34)c3ccc(C(F)C(F)F)cc32)C1. The van der Waals surface area contributed by atoms with Crippen molar-refractivity contribution in [2.24, 2.45) is 0 Å². The van der Waals surface area contributed by atoms with E-state index in [4.69, 9.17) is 0 Å². The van der Waals surface area contributed by atoms with E-state index in [9.17, 15) is 26.9 Å². The Bertz CT molecular complexity index is 1570. The van der Waals surface area contributed by atoms with E-state index < -0.39 is 28.2 Å². The molecule has 1 aliphatic rings. The summed E-state index contributed by atoms with van der Waals surface area (Å²) in [6.45, 7) is 1.63. The molecule has 0 spiro atoms. The highest BCUT2D eigenvalue weighted by atomic mass is 32.2. The molecule has 1 N–H and O–H groups in total. The van der Waals surface area contributed by atoms with Crippen LogP contribution in [0.5, 0.6) is 0 Å². The van der Waals surface area contributed by atoms with E-state index in [1.807, 2.05) is 0 Å². The number of nitrogens with zero attached hydrogens (tertiary/aromatic N) is 5. The third-order valence-electron chi connectivity index (χ3n) is 6.60. The quantitative estimate of drug-likeness (QED) is 0.409. The van der Waals surface area contributed by atoms with Crippen LogP contribution in [0, 0.1) is 11.3 Å². The van der Waals surface area contributed by atoms with Crippen molar-refractivity contribution in [3.05, 3.63) is 48.5 Å². The van der Waals surface area contributed by atoms with Gasteiger partial charge in [-0.15, -0.1) is 0 Å². The molecule has 0 radical (unpaired) electrons. The molecule has 1 aromatic carbocycles. The fraction of sp³-hybridized carbons (Fsp3) is 0.348. The van der Waals surface area contributed by atoms with Crippen LogP contribution in [-0.2, 0) is 15.6 Å². The first-order valence-electron chi connectivity index (χ1n) is 10.9. The number of alkyl halides is 3. The van der Waals surface area contributed by atoms with Gasteiger partial charge in [-0.3, -0.25) is 0 Å². The molecule has 1 fully saturated rings. The summed E-state index contributed by atoms with van der Waals surface area (Å²) < 4.78 is 68.5. The number of rotatable bonds is 7. The van der Waals surface area contributed by atoms with E-state index in [1.54, 1.807) is 29.1 Å². The minimum absolute atomic E-state index is 0.0204. The molecule has 1 saturated heterocycles. The Labute approximate surface area is 199 Å². The van der Waals surface area contributed by atoms with Crippen LogP contribution in [0.4, 0.5) is 13.2 Å². The second kappa shape index (κ2) is 8.35. The molecule has 3 aromatic heterocycles. The van der Waals surface area contributed by atoms with E-state index in [2.05, 4.69) is 21.0 Å². The number of halogens is 3. The Morgan fingerprint density at radius 3 is 2.66 bits per heavy atom. The third kappa shape index (κ3) is 3.66. The summed E-state index contributed by atoms with van der Waals surface area (Å²) in [6, 6.07) is 8.16. The van der Waals surface area contributed by atoms with Crippen LogP contribution in [-0.4, -0.2) is 57.5 Å². The second-order valence-corrected chi connectivity index (χ2v) is 10.9. The summed E-state index contributed by atoms with van der Waals surface area (Å²) in [5.41, 5.74) is 1.10. The number of sulfonamides is 1. The first-order valence-corrected chi connectivity index (χ1v) is 12.5. The van der Waals surface area contributed by atoms with Gasteiger partial charge in [-0.25, -0.2) is 31.6 Å². The predicted octanol–water partition coefficient (Wildman–Crippen LogP) is 4.13. The van der Waals surface area contributed by atoms with Crippen molar-refractivity contribution in [3.63, 3.8) is 0 Å². The minimum Gasteiger partial charge on any atom is -0.346 e. The molecule has 1 unspecified atom stereocenters. The number of nitriles is 1. The summed E-state index contributed by atoms with van der Waals surface area (Å²) in [5.74, 6) is -0.0816. The van der Waals surface area contributed by atoms with Crippen molar-refractivity contribution in [1.29, 1.82) is 5.26 Å². The van der Waals surface area contributed by atoms with Gasteiger partial charge in [0, 0.05) is 47.3 Å². The Morgan fingerprint density at radius 2 is 1.97 bits per heavy atom. The van der Waals surface area contributed by atoms with Crippen LogP contribution in [0.1, 0.15) is 25.1 Å². The lowest BCUT2D eigenvalue weighted by molar-refractivity contribution is 0.0495. The van der Waals surface area contributed by atoms with E-state index in [0.29, 0.717) is 27.8 Å². The van der Waals surface area contributed by atoms with E-state index in [1.165, 1.54) is 29.7 Å². The van der Waals surface area contributed by atoms with Crippen molar-refractivity contribution in [2.75, 3.05) is 18.8 Å². The van der Waals surface area contributed by atoms with Crippen LogP contribution < -0.4 is 0 Å². The largest absolute Gasteiger partial charge is 0.346 e. The molecule has 12 heteroatoms. The van der Waals surface area contributed by atoms with Crippen molar-refractivity contribution in [3.8, 4) is 17.3 Å². The summed E-state index contributed by atoms with van der Waals surface area (Å²) >= 11 is 0. The maximum absolute atomic E-state index is 14.3. The van der Waals surface area contributed by atoms with Gasteiger partial charge in [0.1, 0.15) is 12.0 Å². The summed E-state index contributed by atoms with van der Waals surface area (Å²) in [6.07, 6.45) is -0.845. The third-order valence-corrected chi connectivity index (χ3v) is 8.37. The van der Waals surface area contributed by atoms with Crippen LogP contribution in [0.3, 0.4) is 0 Å². The lowest BCUT2D eigenvalue weighted by atomic mass is 9.88. The van der Waals surface area contributed by atoms with E-state index in [0.717, 1.165) is 5.39 Å². The molecule has 182 valence electrons. The second-order valence-electron chi connectivity index (χ2n) is 8.62. The molecule has 8 nitrogen and oxygen atoms in total. The molecule has 5 rings (SSSR count). The molecular formula is C23H21F3N6O2S. The fourth-order valence-electron chi connectivity index (χ4n) is 4.72. The maximum Gasteiger partial charge on any atom is 0.273 e. The smallest absolute Gasteiger partial charge is 0.273 e. The highest BCUT2D eigenvalue weighted by Crippen LogP contribution is 2.42. The summed E-state index contributed by atoms with van der Waals surface area (Å²) in [7, 11) is -3.48. The normalized spacial score (nSPS) is 17.0. The number of benzene rings is 1. The van der Waals surface area contributed by atoms with Crippen molar-refractivity contribution >= 4 is 32.0 Å². The first-order chi connectivity index (χ1) is 16.7. The Morgan fingerprint density at radius 1 is 1.20 bits per heavy atom. The highest BCUT2D eigenvalue weighted by molar-refractivity contribution is 7.89. The minimum atomic E-state index is -3.48. The molecule has 0 aliphatic carbocycles. The van der Waals surface area contributed by atoms with Gasteiger partial charge < -0.3 is 9.55 Å². The standard InChI is InChI=1S/C23H21F3N6O2S/c1-2-35(33,34)31-11-23(12-31,6-7-27)32-10-17(20-16-5-8-28-22(16)30-13-29-20)15-4-3-14(9-18(15)32)19(24)21(25)26/h3-5,8-10,13,19,21H,2,6,11-12H2,1H3,(H,28,29,30). The first kappa shape index (κ1) is 23.3. The zero-order valence-electron chi connectivity index (χ0n) is 18.6. The van der Waals surface area contributed by atoms with E-state index >= 15 is 0 Å². The van der Waals surface area contributed by atoms with Crippen LogP contribution in [0.25, 0.3) is 33.2 Å². The predicted molar refractivity (Wildman–Crippen MR) is 124 cm³/mol. The average Bonchev–Trinajstić information content (AvgIpc) is 3.45. The molecule has 0 amide bonds. The number of H-pyrrole nitrogens is 1.